The minimum atomic E-state index is -3.81. The average molecular weight is 383 g/mol. The molecule has 0 radical (unpaired) electrons. The van der Waals surface area contributed by atoms with Gasteiger partial charge in [-0.25, -0.2) is 13.1 Å². The van der Waals surface area contributed by atoms with Gasteiger partial charge in [-0.05, 0) is 57.7 Å². The van der Waals surface area contributed by atoms with Gasteiger partial charge in [-0.15, -0.1) is 0 Å². The third kappa shape index (κ3) is 5.45. The number of methoxy groups -OCH3 is 1. The van der Waals surface area contributed by atoms with Crippen LogP contribution in [0.3, 0.4) is 0 Å². The van der Waals surface area contributed by atoms with Crippen LogP contribution in [0.2, 0.25) is 0 Å². The lowest BCUT2D eigenvalue weighted by Crippen LogP contribution is -2.41. The largest absolute Gasteiger partial charge is 0.495 e. The topological polar surface area (TPSA) is 84.5 Å². The van der Waals surface area contributed by atoms with Gasteiger partial charge < -0.3 is 10.1 Å². The minimum absolute atomic E-state index is 0.0282. The maximum absolute atomic E-state index is 12.7. The Balaban J connectivity index is 2.27. The molecule has 7 heteroatoms. The highest BCUT2D eigenvalue weighted by Gasteiger charge is 2.27. The third-order valence-corrected chi connectivity index (χ3v) is 6.21. The monoisotopic (exact) mass is 382 g/mol. The predicted octanol–water partition coefficient (Wildman–Crippen LogP) is 3.08. The van der Waals surface area contributed by atoms with Gasteiger partial charge >= 0.3 is 0 Å². The van der Waals surface area contributed by atoms with E-state index in [0.717, 1.165) is 19.3 Å². The standard InChI is InChI=1S/C19H30N2O4S/c1-13-7-6-8-15(11-13)20-18(22)14-9-10-16(25-5)17(12-14)26(23,24)21-19(2,3)4/h9-10,12-13,15,21H,6-8,11H2,1-5H3,(H,20,22). The van der Waals surface area contributed by atoms with Crippen LogP contribution in [-0.4, -0.2) is 33.0 Å². The maximum atomic E-state index is 12.7. The molecule has 2 N–H and O–H groups in total. The lowest BCUT2D eigenvalue weighted by molar-refractivity contribution is 0.0921. The number of rotatable bonds is 5. The Labute approximate surface area is 156 Å². The first-order valence-electron chi connectivity index (χ1n) is 9.05. The Hall–Kier alpha value is -1.60. The Morgan fingerprint density at radius 1 is 1.23 bits per heavy atom. The van der Waals surface area contributed by atoms with E-state index in [1.807, 2.05) is 0 Å². The number of benzene rings is 1. The second-order valence-electron chi connectivity index (χ2n) is 8.16. The van der Waals surface area contributed by atoms with Crippen LogP contribution in [0.25, 0.3) is 0 Å². The van der Waals surface area contributed by atoms with Gasteiger partial charge in [0.15, 0.2) is 0 Å². The van der Waals surface area contributed by atoms with E-state index in [1.54, 1.807) is 26.8 Å². The Morgan fingerprint density at radius 2 is 1.92 bits per heavy atom. The molecule has 0 bridgehead atoms. The highest BCUT2D eigenvalue weighted by atomic mass is 32.2. The van der Waals surface area contributed by atoms with E-state index in [4.69, 9.17) is 4.74 Å². The van der Waals surface area contributed by atoms with Crippen LogP contribution in [0.4, 0.5) is 0 Å². The molecule has 0 spiro atoms. The third-order valence-electron chi connectivity index (χ3n) is 4.43. The molecule has 2 rings (SSSR count). The van der Waals surface area contributed by atoms with E-state index >= 15 is 0 Å². The number of carbonyl (C=O) groups excluding carboxylic acids is 1. The number of ether oxygens (including phenoxy) is 1. The fraction of sp³-hybridized carbons (Fsp3) is 0.632. The minimum Gasteiger partial charge on any atom is -0.495 e. The first kappa shape index (κ1) is 20.7. The van der Waals surface area contributed by atoms with Crippen LogP contribution >= 0.6 is 0 Å². The number of amides is 1. The summed E-state index contributed by atoms with van der Waals surface area (Å²) in [5, 5.41) is 3.03. The molecule has 1 fully saturated rings. The summed E-state index contributed by atoms with van der Waals surface area (Å²) in [6.45, 7) is 7.47. The average Bonchev–Trinajstić information content (AvgIpc) is 2.52. The summed E-state index contributed by atoms with van der Waals surface area (Å²) in [6.07, 6.45) is 4.21. The van der Waals surface area contributed by atoms with Gasteiger partial charge in [0.1, 0.15) is 10.6 Å². The van der Waals surface area contributed by atoms with Crippen LogP contribution in [0, 0.1) is 5.92 Å². The van der Waals surface area contributed by atoms with Crippen molar-refractivity contribution in [2.45, 2.75) is 69.9 Å². The molecule has 0 aromatic heterocycles. The molecule has 0 heterocycles. The van der Waals surface area contributed by atoms with Gasteiger partial charge in [-0.3, -0.25) is 4.79 Å². The number of hydrogen-bond acceptors (Lipinski definition) is 4. The van der Waals surface area contributed by atoms with E-state index in [-0.39, 0.29) is 22.6 Å². The van der Waals surface area contributed by atoms with Gasteiger partial charge in [0.05, 0.1) is 7.11 Å². The fourth-order valence-electron chi connectivity index (χ4n) is 3.32. The number of nitrogens with one attached hydrogen (secondary N) is 2. The van der Waals surface area contributed by atoms with E-state index in [0.29, 0.717) is 11.5 Å². The first-order valence-corrected chi connectivity index (χ1v) is 10.5. The molecule has 2 unspecified atom stereocenters. The summed E-state index contributed by atoms with van der Waals surface area (Å²) in [4.78, 5) is 12.6. The van der Waals surface area contributed by atoms with Crippen molar-refractivity contribution in [1.82, 2.24) is 10.0 Å². The van der Waals surface area contributed by atoms with Crippen LogP contribution in [0.1, 0.15) is 63.7 Å². The van der Waals surface area contributed by atoms with Crippen LogP contribution in [0.5, 0.6) is 5.75 Å². The summed E-state index contributed by atoms with van der Waals surface area (Å²) in [7, 11) is -2.40. The van der Waals surface area contributed by atoms with Crippen LogP contribution in [0.15, 0.2) is 23.1 Å². The van der Waals surface area contributed by atoms with E-state index < -0.39 is 15.6 Å². The van der Waals surface area contributed by atoms with E-state index in [2.05, 4.69) is 17.0 Å². The summed E-state index contributed by atoms with van der Waals surface area (Å²) in [5.41, 5.74) is -0.321. The van der Waals surface area contributed by atoms with Crippen molar-refractivity contribution in [3.05, 3.63) is 23.8 Å². The Morgan fingerprint density at radius 3 is 2.50 bits per heavy atom. The van der Waals surface area contributed by atoms with Crippen molar-refractivity contribution in [2.75, 3.05) is 7.11 Å². The molecule has 0 aliphatic heterocycles. The Kier molecular flexibility index (Phi) is 6.34. The van der Waals surface area contributed by atoms with Crippen molar-refractivity contribution in [1.29, 1.82) is 0 Å². The van der Waals surface area contributed by atoms with E-state index in [9.17, 15) is 13.2 Å². The quantitative estimate of drug-likeness (QED) is 0.820. The molecule has 1 aliphatic carbocycles. The highest BCUT2D eigenvalue weighted by molar-refractivity contribution is 7.89. The molecular formula is C19H30N2O4S. The summed E-state index contributed by atoms with van der Waals surface area (Å²) >= 11 is 0. The molecule has 1 amide bonds. The number of sulfonamides is 1. The number of hydrogen-bond donors (Lipinski definition) is 2. The molecule has 6 nitrogen and oxygen atoms in total. The van der Waals surface area contributed by atoms with Gasteiger partial charge in [0, 0.05) is 17.1 Å². The lowest BCUT2D eigenvalue weighted by Gasteiger charge is -2.27. The molecule has 0 saturated heterocycles. The highest BCUT2D eigenvalue weighted by Crippen LogP contribution is 2.27. The van der Waals surface area contributed by atoms with Crippen LogP contribution in [-0.2, 0) is 10.0 Å². The SMILES string of the molecule is COc1ccc(C(=O)NC2CCCC(C)C2)cc1S(=O)(=O)NC(C)(C)C. The van der Waals surface area contributed by atoms with Gasteiger partial charge in [0.2, 0.25) is 10.0 Å². The van der Waals surface area contributed by atoms with Crippen molar-refractivity contribution < 1.29 is 17.9 Å². The van der Waals surface area contributed by atoms with Gasteiger partial charge in [-0.1, -0.05) is 19.8 Å². The lowest BCUT2D eigenvalue weighted by atomic mass is 9.87. The normalized spacial score (nSPS) is 21.3. The number of carbonyl (C=O) groups is 1. The van der Waals surface area contributed by atoms with Crippen molar-refractivity contribution in [3.8, 4) is 5.75 Å². The molecule has 146 valence electrons. The first-order chi connectivity index (χ1) is 12.0. The maximum Gasteiger partial charge on any atom is 0.251 e. The summed E-state index contributed by atoms with van der Waals surface area (Å²) in [5.74, 6) is 0.556. The second-order valence-corrected chi connectivity index (χ2v) is 9.81. The van der Waals surface area contributed by atoms with E-state index in [1.165, 1.54) is 25.7 Å². The zero-order chi connectivity index (χ0) is 19.5. The molecule has 1 aromatic carbocycles. The molecule has 1 saturated carbocycles. The van der Waals surface area contributed by atoms with Crippen molar-refractivity contribution >= 4 is 15.9 Å². The molecule has 1 aliphatic rings. The fourth-order valence-corrected chi connectivity index (χ4v) is 4.93. The zero-order valence-electron chi connectivity index (χ0n) is 16.3. The van der Waals surface area contributed by atoms with Crippen LogP contribution < -0.4 is 14.8 Å². The molecule has 1 aromatic rings. The van der Waals surface area contributed by atoms with Gasteiger partial charge in [-0.2, -0.15) is 0 Å². The predicted molar refractivity (Wildman–Crippen MR) is 102 cm³/mol. The summed E-state index contributed by atoms with van der Waals surface area (Å²) < 4.78 is 33.2. The zero-order valence-corrected chi connectivity index (χ0v) is 17.1. The van der Waals surface area contributed by atoms with Crippen molar-refractivity contribution in [2.24, 2.45) is 5.92 Å². The summed E-state index contributed by atoms with van der Waals surface area (Å²) in [6, 6.07) is 4.64. The molecule has 2 atom stereocenters. The molecular weight excluding hydrogens is 352 g/mol. The van der Waals surface area contributed by atoms with Crippen molar-refractivity contribution in [3.63, 3.8) is 0 Å². The Bertz CT molecular complexity index is 753. The second kappa shape index (κ2) is 7.96. The smallest absolute Gasteiger partial charge is 0.251 e. The molecule has 26 heavy (non-hydrogen) atoms. The van der Waals surface area contributed by atoms with Gasteiger partial charge in [0.25, 0.3) is 5.91 Å².